The number of hydrogen-bond acceptors (Lipinski definition) is 5. The topological polar surface area (TPSA) is 81.4 Å². The monoisotopic (exact) mass is 306 g/mol. The van der Waals surface area contributed by atoms with Crippen LogP contribution in [0.3, 0.4) is 0 Å². The summed E-state index contributed by atoms with van der Waals surface area (Å²) in [5.41, 5.74) is 5.46. The predicted octanol–water partition coefficient (Wildman–Crippen LogP) is 1.55. The number of sulfonamides is 1. The largest absolute Gasteiger partial charge is 0.380 e. The zero-order valence-electron chi connectivity index (χ0n) is 11.4. The Morgan fingerprint density at radius 1 is 1.37 bits per heavy atom. The number of nitrogens with two attached hydrogens (primary N) is 1. The molecule has 1 aromatic rings. The fourth-order valence-corrected chi connectivity index (χ4v) is 3.64. The van der Waals surface area contributed by atoms with Gasteiger partial charge in [0.25, 0.3) is 0 Å². The summed E-state index contributed by atoms with van der Waals surface area (Å²) in [6.07, 6.45) is 0.984. The quantitative estimate of drug-likeness (QED) is 0.678. The van der Waals surface area contributed by atoms with Crippen LogP contribution in [0, 0.1) is 5.92 Å². The lowest BCUT2D eigenvalue weighted by molar-refractivity contribution is 0.128. The average molecular weight is 306 g/mol. The van der Waals surface area contributed by atoms with Crippen molar-refractivity contribution in [2.75, 3.05) is 19.8 Å². The highest BCUT2D eigenvalue weighted by atomic mass is 32.2. The third-order valence-corrected chi connectivity index (χ3v) is 5.54. The van der Waals surface area contributed by atoms with E-state index in [9.17, 15) is 8.42 Å². The van der Waals surface area contributed by atoms with Crippen molar-refractivity contribution in [3.8, 4) is 0 Å². The van der Waals surface area contributed by atoms with Gasteiger partial charge in [-0.05, 0) is 24.5 Å². The van der Waals surface area contributed by atoms with Crippen molar-refractivity contribution >= 4 is 21.4 Å². The van der Waals surface area contributed by atoms with Crippen LogP contribution >= 0.6 is 11.3 Å². The molecule has 0 radical (unpaired) electrons. The molecule has 0 atom stereocenters. The standard InChI is InChI=1S/C12H22N2O3S2/c1-10(2)5-7-17-8-6-14-19(15,16)12-4-3-11(9-13)18-12/h3-4,10,14H,5-9,13H2,1-2H3. The molecule has 0 fully saturated rings. The Balaban J connectivity index is 2.31. The summed E-state index contributed by atoms with van der Waals surface area (Å²) in [6.45, 7) is 5.95. The van der Waals surface area contributed by atoms with Gasteiger partial charge < -0.3 is 10.5 Å². The molecular formula is C12H22N2O3S2. The van der Waals surface area contributed by atoms with Crippen LogP contribution in [0.25, 0.3) is 0 Å². The van der Waals surface area contributed by atoms with Gasteiger partial charge in [0.05, 0.1) is 6.61 Å². The van der Waals surface area contributed by atoms with E-state index >= 15 is 0 Å². The van der Waals surface area contributed by atoms with Crippen LogP contribution in [0.4, 0.5) is 0 Å². The van der Waals surface area contributed by atoms with E-state index in [1.807, 2.05) is 0 Å². The molecule has 110 valence electrons. The zero-order valence-corrected chi connectivity index (χ0v) is 13.0. The zero-order chi connectivity index (χ0) is 14.3. The van der Waals surface area contributed by atoms with E-state index in [2.05, 4.69) is 18.6 Å². The highest BCUT2D eigenvalue weighted by molar-refractivity contribution is 7.91. The summed E-state index contributed by atoms with van der Waals surface area (Å²) in [6, 6.07) is 3.31. The van der Waals surface area contributed by atoms with Crippen LogP contribution in [-0.2, 0) is 21.3 Å². The van der Waals surface area contributed by atoms with E-state index in [0.29, 0.717) is 29.9 Å². The molecule has 19 heavy (non-hydrogen) atoms. The second-order valence-electron chi connectivity index (χ2n) is 4.62. The molecule has 1 heterocycles. The summed E-state index contributed by atoms with van der Waals surface area (Å²) in [5.74, 6) is 0.595. The minimum absolute atomic E-state index is 0.288. The van der Waals surface area contributed by atoms with Crippen LogP contribution in [0.5, 0.6) is 0 Å². The molecule has 5 nitrogen and oxygen atoms in total. The summed E-state index contributed by atoms with van der Waals surface area (Å²) < 4.78 is 32.0. The second-order valence-corrected chi connectivity index (χ2v) is 7.78. The minimum atomic E-state index is -3.42. The van der Waals surface area contributed by atoms with Gasteiger partial charge in [-0.15, -0.1) is 11.3 Å². The van der Waals surface area contributed by atoms with Crippen LogP contribution in [0.15, 0.2) is 16.3 Å². The Labute approximate surface area is 119 Å². The molecule has 3 N–H and O–H groups in total. The molecule has 0 bridgehead atoms. The molecule has 1 aromatic heterocycles. The molecule has 0 unspecified atom stereocenters. The molecule has 0 aromatic carbocycles. The maximum atomic E-state index is 11.9. The Morgan fingerprint density at radius 3 is 2.68 bits per heavy atom. The predicted molar refractivity (Wildman–Crippen MR) is 77.7 cm³/mol. The van der Waals surface area contributed by atoms with E-state index < -0.39 is 10.0 Å². The first-order valence-corrected chi connectivity index (χ1v) is 8.62. The van der Waals surface area contributed by atoms with Crippen molar-refractivity contribution in [3.05, 3.63) is 17.0 Å². The SMILES string of the molecule is CC(C)CCOCCNS(=O)(=O)c1ccc(CN)s1. The summed E-state index contributed by atoms with van der Waals surface area (Å²) >= 11 is 1.20. The van der Waals surface area contributed by atoms with Gasteiger partial charge >= 0.3 is 0 Å². The number of thiophene rings is 1. The molecule has 0 amide bonds. The van der Waals surface area contributed by atoms with Crippen molar-refractivity contribution in [2.24, 2.45) is 11.7 Å². The molecule has 1 rings (SSSR count). The maximum Gasteiger partial charge on any atom is 0.250 e. The summed E-state index contributed by atoms with van der Waals surface area (Å²) in [5, 5.41) is 0. The Morgan fingerprint density at radius 2 is 2.11 bits per heavy atom. The second kappa shape index (κ2) is 7.96. The lowest BCUT2D eigenvalue weighted by Gasteiger charge is -2.07. The van der Waals surface area contributed by atoms with Crippen LogP contribution in [0.1, 0.15) is 25.1 Å². The van der Waals surface area contributed by atoms with Crippen LogP contribution < -0.4 is 10.5 Å². The third kappa shape index (κ3) is 6.01. The molecule has 0 aliphatic rings. The third-order valence-electron chi connectivity index (χ3n) is 2.48. The maximum absolute atomic E-state index is 11.9. The van der Waals surface area contributed by atoms with Crippen molar-refractivity contribution in [1.29, 1.82) is 0 Å². The average Bonchev–Trinajstić information content (AvgIpc) is 2.82. The molecule has 0 aliphatic carbocycles. The van der Waals surface area contributed by atoms with Gasteiger partial charge in [0.1, 0.15) is 4.21 Å². The molecule has 0 aliphatic heterocycles. The summed E-state index contributed by atoms with van der Waals surface area (Å²) in [4.78, 5) is 0.855. The number of hydrogen-bond donors (Lipinski definition) is 2. The first-order valence-electron chi connectivity index (χ1n) is 6.32. The number of rotatable bonds is 9. The van der Waals surface area contributed by atoms with E-state index in [1.54, 1.807) is 12.1 Å². The van der Waals surface area contributed by atoms with Gasteiger partial charge in [-0.2, -0.15) is 0 Å². The molecule has 0 spiro atoms. The summed E-state index contributed by atoms with van der Waals surface area (Å²) in [7, 11) is -3.42. The smallest absolute Gasteiger partial charge is 0.250 e. The van der Waals surface area contributed by atoms with Crippen molar-refractivity contribution in [3.63, 3.8) is 0 Å². The fourth-order valence-electron chi connectivity index (χ4n) is 1.35. The number of nitrogens with one attached hydrogen (secondary N) is 1. The van der Waals surface area contributed by atoms with E-state index in [1.165, 1.54) is 11.3 Å². The van der Waals surface area contributed by atoms with Gasteiger partial charge in [0, 0.05) is 24.6 Å². The highest BCUT2D eigenvalue weighted by Crippen LogP contribution is 2.20. The Kier molecular flexibility index (Phi) is 6.95. The van der Waals surface area contributed by atoms with Gasteiger partial charge in [0.2, 0.25) is 10.0 Å². The Bertz CT molecular complexity index is 469. The molecular weight excluding hydrogens is 284 g/mol. The van der Waals surface area contributed by atoms with E-state index in [0.717, 1.165) is 11.3 Å². The van der Waals surface area contributed by atoms with Crippen molar-refractivity contribution in [1.82, 2.24) is 4.72 Å². The highest BCUT2D eigenvalue weighted by Gasteiger charge is 2.15. The van der Waals surface area contributed by atoms with Gasteiger partial charge in [-0.3, -0.25) is 0 Å². The van der Waals surface area contributed by atoms with Crippen LogP contribution in [-0.4, -0.2) is 28.2 Å². The van der Waals surface area contributed by atoms with Crippen LogP contribution in [0.2, 0.25) is 0 Å². The normalized spacial score (nSPS) is 12.2. The fraction of sp³-hybridized carbons (Fsp3) is 0.667. The van der Waals surface area contributed by atoms with Gasteiger partial charge in [-0.1, -0.05) is 13.8 Å². The van der Waals surface area contributed by atoms with E-state index in [4.69, 9.17) is 10.5 Å². The van der Waals surface area contributed by atoms with Gasteiger partial charge in [0.15, 0.2) is 0 Å². The number of ether oxygens (including phenoxy) is 1. The van der Waals surface area contributed by atoms with E-state index in [-0.39, 0.29) is 6.54 Å². The molecule has 0 saturated heterocycles. The van der Waals surface area contributed by atoms with Crippen molar-refractivity contribution in [2.45, 2.75) is 31.0 Å². The lowest BCUT2D eigenvalue weighted by Crippen LogP contribution is -2.27. The van der Waals surface area contributed by atoms with Gasteiger partial charge in [-0.25, -0.2) is 13.1 Å². The first-order chi connectivity index (χ1) is 8.95. The van der Waals surface area contributed by atoms with Crippen molar-refractivity contribution < 1.29 is 13.2 Å². The molecule has 7 heteroatoms. The lowest BCUT2D eigenvalue weighted by atomic mass is 10.1. The Hall–Kier alpha value is -0.470. The molecule has 0 saturated carbocycles. The first kappa shape index (κ1) is 16.6. The minimum Gasteiger partial charge on any atom is -0.380 e.